The van der Waals surface area contributed by atoms with Gasteiger partial charge >= 0.3 is 0 Å². The zero-order chi connectivity index (χ0) is 19.1. The van der Waals surface area contributed by atoms with Gasteiger partial charge in [0.25, 0.3) is 0 Å². The van der Waals surface area contributed by atoms with Crippen LogP contribution in [0.2, 0.25) is 5.02 Å². The molecule has 8 heteroatoms. The highest BCUT2D eigenvalue weighted by atomic mass is 79.9. The van der Waals surface area contributed by atoms with Crippen LogP contribution in [0.5, 0.6) is 5.75 Å². The third-order valence-electron chi connectivity index (χ3n) is 3.60. The molecule has 0 saturated carbocycles. The second kappa shape index (κ2) is 9.82. The van der Waals surface area contributed by atoms with Gasteiger partial charge in [0.05, 0.1) is 29.6 Å². The van der Waals surface area contributed by atoms with Crippen molar-refractivity contribution in [2.75, 3.05) is 6.61 Å². The molecule has 0 aliphatic carbocycles. The number of carbonyl (C=O) groups is 1. The Labute approximate surface area is 174 Å². The van der Waals surface area contributed by atoms with E-state index in [1.165, 1.54) is 11.3 Å². The van der Waals surface area contributed by atoms with Crippen LogP contribution in [0.15, 0.2) is 52.4 Å². The Hall–Kier alpha value is -1.96. The lowest BCUT2D eigenvalue weighted by Crippen LogP contribution is -2.23. The monoisotopic (exact) mass is 465 g/mol. The predicted octanol–water partition coefficient (Wildman–Crippen LogP) is 5.10. The van der Waals surface area contributed by atoms with E-state index in [2.05, 4.69) is 31.2 Å². The summed E-state index contributed by atoms with van der Waals surface area (Å²) >= 11 is 11.0. The average Bonchev–Trinajstić information content (AvgIpc) is 3.15. The van der Waals surface area contributed by atoms with Gasteiger partial charge in [0.1, 0.15) is 10.8 Å². The van der Waals surface area contributed by atoms with Crippen molar-refractivity contribution in [2.24, 2.45) is 0 Å². The molecule has 1 aromatic carbocycles. The summed E-state index contributed by atoms with van der Waals surface area (Å²) in [5.41, 5.74) is 1.66. The van der Waals surface area contributed by atoms with Crippen molar-refractivity contribution >= 4 is 44.8 Å². The molecule has 0 aliphatic heterocycles. The van der Waals surface area contributed by atoms with Crippen molar-refractivity contribution in [1.29, 1.82) is 0 Å². The highest BCUT2D eigenvalue weighted by molar-refractivity contribution is 9.10. The van der Waals surface area contributed by atoms with Gasteiger partial charge in [0.2, 0.25) is 5.91 Å². The molecule has 3 aromatic rings. The van der Waals surface area contributed by atoms with Gasteiger partial charge in [-0.1, -0.05) is 33.6 Å². The normalized spacial score (nSPS) is 10.6. The summed E-state index contributed by atoms with van der Waals surface area (Å²) < 4.78 is 6.50. The number of hydrogen-bond donors (Lipinski definition) is 1. The lowest BCUT2D eigenvalue weighted by atomic mass is 10.3. The van der Waals surface area contributed by atoms with Gasteiger partial charge in [-0.2, -0.15) is 0 Å². The van der Waals surface area contributed by atoms with Crippen LogP contribution in [0.25, 0.3) is 10.7 Å². The molecule has 0 spiro atoms. The van der Waals surface area contributed by atoms with E-state index in [-0.39, 0.29) is 5.91 Å². The Kier molecular flexibility index (Phi) is 7.20. The Morgan fingerprint density at radius 3 is 2.96 bits per heavy atom. The van der Waals surface area contributed by atoms with Crippen LogP contribution < -0.4 is 10.1 Å². The molecule has 2 aromatic heterocycles. The minimum atomic E-state index is -0.0344. The summed E-state index contributed by atoms with van der Waals surface area (Å²) in [7, 11) is 0. The van der Waals surface area contributed by atoms with Gasteiger partial charge in [0, 0.05) is 22.5 Å². The first-order valence-corrected chi connectivity index (χ1v) is 10.4. The highest BCUT2D eigenvalue weighted by Crippen LogP contribution is 2.27. The van der Waals surface area contributed by atoms with E-state index in [0.717, 1.165) is 20.9 Å². The van der Waals surface area contributed by atoms with Gasteiger partial charge in [-0.3, -0.25) is 9.78 Å². The Morgan fingerprint density at radius 1 is 1.30 bits per heavy atom. The van der Waals surface area contributed by atoms with E-state index in [4.69, 9.17) is 16.3 Å². The van der Waals surface area contributed by atoms with E-state index in [9.17, 15) is 4.79 Å². The molecule has 0 saturated heterocycles. The zero-order valence-corrected chi connectivity index (χ0v) is 17.5. The molecule has 5 nitrogen and oxygen atoms in total. The quantitative estimate of drug-likeness (QED) is 0.469. The standard InChI is InChI=1S/C19H17BrClN3O2S/c20-13-6-7-17(15(21)10-13)26-9-3-5-18(25)23-11-14-12-27-19(24-14)16-4-1-2-8-22-16/h1-2,4,6-8,10,12H,3,5,9,11H2,(H,23,25). The first-order chi connectivity index (χ1) is 13.1. The van der Waals surface area contributed by atoms with Crippen LogP contribution in [-0.2, 0) is 11.3 Å². The summed E-state index contributed by atoms with van der Waals surface area (Å²) in [6, 6.07) is 11.1. The number of pyridine rings is 1. The van der Waals surface area contributed by atoms with Crippen LogP contribution in [0.3, 0.4) is 0 Å². The number of nitrogens with zero attached hydrogens (tertiary/aromatic N) is 2. The van der Waals surface area contributed by atoms with Crippen molar-refractivity contribution in [1.82, 2.24) is 15.3 Å². The number of carbonyl (C=O) groups excluding carboxylic acids is 1. The van der Waals surface area contributed by atoms with E-state index < -0.39 is 0 Å². The average molecular weight is 467 g/mol. The third-order valence-corrected chi connectivity index (χ3v) is 5.30. The van der Waals surface area contributed by atoms with Crippen LogP contribution in [-0.4, -0.2) is 22.5 Å². The summed E-state index contributed by atoms with van der Waals surface area (Å²) in [5.74, 6) is 0.581. The lowest BCUT2D eigenvalue weighted by Gasteiger charge is -2.08. The number of nitrogens with one attached hydrogen (secondary N) is 1. The maximum Gasteiger partial charge on any atom is 0.220 e. The molecule has 140 valence electrons. The van der Waals surface area contributed by atoms with Gasteiger partial charge in [-0.25, -0.2) is 4.98 Å². The minimum absolute atomic E-state index is 0.0344. The first-order valence-electron chi connectivity index (χ1n) is 8.32. The Balaban J connectivity index is 1.38. The number of halogens is 2. The van der Waals surface area contributed by atoms with Crippen molar-refractivity contribution in [3.8, 4) is 16.5 Å². The fraction of sp³-hybridized carbons (Fsp3) is 0.211. The van der Waals surface area contributed by atoms with Crippen LogP contribution in [0.4, 0.5) is 0 Å². The fourth-order valence-corrected chi connectivity index (χ4v) is 3.80. The van der Waals surface area contributed by atoms with Crippen molar-refractivity contribution in [2.45, 2.75) is 19.4 Å². The number of hydrogen-bond acceptors (Lipinski definition) is 5. The molecular formula is C19H17BrClN3O2S. The molecule has 0 radical (unpaired) electrons. The summed E-state index contributed by atoms with van der Waals surface area (Å²) in [4.78, 5) is 20.8. The minimum Gasteiger partial charge on any atom is -0.492 e. The molecular weight excluding hydrogens is 450 g/mol. The topological polar surface area (TPSA) is 64.1 Å². The molecule has 2 heterocycles. The first kappa shape index (κ1) is 19.8. The lowest BCUT2D eigenvalue weighted by molar-refractivity contribution is -0.121. The van der Waals surface area contributed by atoms with Crippen molar-refractivity contribution < 1.29 is 9.53 Å². The van der Waals surface area contributed by atoms with Gasteiger partial charge in [0.15, 0.2) is 0 Å². The third kappa shape index (κ3) is 6.02. The SMILES string of the molecule is O=C(CCCOc1ccc(Br)cc1Cl)NCc1csc(-c2ccccn2)n1. The van der Waals surface area contributed by atoms with E-state index in [1.54, 1.807) is 18.3 Å². The largest absolute Gasteiger partial charge is 0.492 e. The zero-order valence-electron chi connectivity index (χ0n) is 14.3. The number of benzene rings is 1. The van der Waals surface area contributed by atoms with Crippen molar-refractivity contribution in [3.05, 3.63) is 63.2 Å². The Morgan fingerprint density at radius 2 is 2.19 bits per heavy atom. The van der Waals surface area contributed by atoms with E-state index in [0.29, 0.717) is 36.8 Å². The van der Waals surface area contributed by atoms with Crippen LogP contribution in [0, 0.1) is 0 Å². The van der Waals surface area contributed by atoms with Gasteiger partial charge in [-0.05, 0) is 36.8 Å². The number of ether oxygens (including phenoxy) is 1. The van der Waals surface area contributed by atoms with Crippen molar-refractivity contribution in [3.63, 3.8) is 0 Å². The predicted molar refractivity (Wildman–Crippen MR) is 111 cm³/mol. The number of aromatic nitrogens is 2. The smallest absolute Gasteiger partial charge is 0.220 e. The molecule has 0 unspecified atom stereocenters. The molecule has 0 atom stereocenters. The molecule has 0 bridgehead atoms. The van der Waals surface area contributed by atoms with Crippen LogP contribution in [0.1, 0.15) is 18.5 Å². The highest BCUT2D eigenvalue weighted by Gasteiger charge is 2.08. The van der Waals surface area contributed by atoms with E-state index >= 15 is 0 Å². The van der Waals surface area contributed by atoms with E-state index in [1.807, 2.05) is 29.6 Å². The van der Waals surface area contributed by atoms with Gasteiger partial charge < -0.3 is 10.1 Å². The number of rotatable bonds is 8. The molecule has 0 fully saturated rings. The molecule has 27 heavy (non-hydrogen) atoms. The second-order valence-corrected chi connectivity index (χ2v) is 7.84. The molecule has 0 aliphatic rings. The summed E-state index contributed by atoms with van der Waals surface area (Å²) in [5, 5.41) is 6.20. The molecule has 1 N–H and O–H groups in total. The maximum absolute atomic E-state index is 12.0. The van der Waals surface area contributed by atoms with Gasteiger partial charge in [-0.15, -0.1) is 11.3 Å². The Bertz CT molecular complexity index is 905. The van der Waals surface area contributed by atoms with Crippen LogP contribution >= 0.6 is 38.9 Å². The maximum atomic E-state index is 12.0. The molecule has 1 amide bonds. The fourth-order valence-electron chi connectivity index (χ4n) is 2.28. The summed E-state index contributed by atoms with van der Waals surface area (Å²) in [6.07, 6.45) is 2.72. The number of amides is 1. The molecule has 3 rings (SSSR count). The number of thiazole rings is 1. The second-order valence-electron chi connectivity index (χ2n) is 5.66. The summed E-state index contributed by atoms with van der Waals surface area (Å²) in [6.45, 7) is 0.830.